The first kappa shape index (κ1) is 40.7. The SMILES string of the molecule is N=C(N)c1ccc(CNC(=O)[C@@H]2Cc3ccc(cc3)NC(=O)CN3CCN(CC3)CC(=O)Nc3ccc(cc3)CC(NS(=O)(=O)Cc3ccccc3)C(=O)N2)cc1. The van der Waals surface area contributed by atoms with Crippen LogP contribution in [-0.2, 0) is 54.3 Å². The van der Waals surface area contributed by atoms with E-state index in [0.717, 1.165) is 5.56 Å². The van der Waals surface area contributed by atoms with E-state index >= 15 is 0 Å². The van der Waals surface area contributed by atoms with Crippen LogP contribution in [0.5, 0.6) is 0 Å². The van der Waals surface area contributed by atoms with E-state index in [1.54, 1.807) is 103 Å². The molecule has 8 N–H and O–H groups in total. The fourth-order valence-electron chi connectivity index (χ4n) is 6.67. The van der Waals surface area contributed by atoms with Gasteiger partial charge in [-0.1, -0.05) is 78.9 Å². The van der Waals surface area contributed by atoms with Crippen LogP contribution in [0.15, 0.2) is 103 Å². The van der Waals surface area contributed by atoms with E-state index in [1.807, 2.05) is 9.80 Å². The highest BCUT2D eigenvalue weighted by Gasteiger charge is 2.30. The van der Waals surface area contributed by atoms with E-state index in [9.17, 15) is 27.6 Å². The Kier molecular flexibility index (Phi) is 13.4. The standard InChI is InChI=1S/C41H47N9O6S/c42-39(43)32-12-6-30(7-13-32)24-44-40(53)35-22-28-8-14-33(15-9-28)45-37(51)25-49-18-20-50(21-19-49)26-38(52)46-34-16-10-29(11-17-34)23-36(41(54)47-35)48-57(55,56)27-31-4-2-1-3-5-31/h1-17,35-36,48H,18-27H2,(H3,42,43)(H,44,53)(H,45,51)(H,46,52)(H,47,54)/t35-,36?/m0/s1. The fourth-order valence-corrected chi connectivity index (χ4v) is 8.01. The van der Waals surface area contributed by atoms with Gasteiger partial charge in [-0.15, -0.1) is 0 Å². The molecular formula is C41H47N9O6S. The Bertz CT molecular complexity index is 2160. The molecule has 298 valence electrons. The summed E-state index contributed by atoms with van der Waals surface area (Å²) in [6, 6.07) is 26.7. The summed E-state index contributed by atoms with van der Waals surface area (Å²) in [7, 11) is -4.05. The van der Waals surface area contributed by atoms with Gasteiger partial charge in [0, 0.05) is 56.1 Å². The fraction of sp³-hybridized carbons (Fsp3) is 0.293. The minimum atomic E-state index is -4.05. The molecule has 57 heavy (non-hydrogen) atoms. The monoisotopic (exact) mass is 793 g/mol. The molecule has 10 rings (SSSR count). The highest BCUT2D eigenvalue weighted by Crippen LogP contribution is 2.16. The summed E-state index contributed by atoms with van der Waals surface area (Å²) in [5, 5.41) is 19.1. The van der Waals surface area contributed by atoms with Crippen LogP contribution in [-0.4, -0.2) is 99.0 Å². The number of anilines is 2. The lowest BCUT2D eigenvalue weighted by Gasteiger charge is -2.33. The predicted octanol–water partition coefficient (Wildman–Crippen LogP) is 1.55. The molecule has 2 atom stereocenters. The molecule has 6 aliphatic heterocycles. The molecule has 0 spiro atoms. The number of carbonyl (C=O) groups is 4. The number of hydrogen-bond acceptors (Lipinski definition) is 9. The zero-order chi connectivity index (χ0) is 40.4. The molecule has 0 aliphatic carbocycles. The highest BCUT2D eigenvalue weighted by molar-refractivity contribution is 7.88. The van der Waals surface area contributed by atoms with Crippen LogP contribution in [0.2, 0.25) is 0 Å². The number of nitrogens with one attached hydrogen (secondary N) is 6. The van der Waals surface area contributed by atoms with Gasteiger partial charge < -0.3 is 27.0 Å². The van der Waals surface area contributed by atoms with E-state index in [0.29, 0.717) is 59.8 Å². The van der Waals surface area contributed by atoms with Gasteiger partial charge in [-0.3, -0.25) is 34.4 Å². The maximum Gasteiger partial charge on any atom is 0.243 e. The van der Waals surface area contributed by atoms with Crippen molar-refractivity contribution in [3.63, 3.8) is 0 Å². The van der Waals surface area contributed by atoms with Gasteiger partial charge in [0.1, 0.15) is 17.9 Å². The van der Waals surface area contributed by atoms with Crippen molar-refractivity contribution < 1.29 is 27.6 Å². The van der Waals surface area contributed by atoms with Crippen molar-refractivity contribution in [1.82, 2.24) is 25.2 Å². The minimum Gasteiger partial charge on any atom is -0.384 e. The quantitative estimate of drug-likeness (QED) is 0.102. The lowest BCUT2D eigenvalue weighted by Crippen LogP contribution is -2.55. The molecule has 1 saturated heterocycles. The lowest BCUT2D eigenvalue weighted by atomic mass is 10.0. The Labute approximate surface area is 331 Å². The van der Waals surface area contributed by atoms with E-state index in [2.05, 4.69) is 26.0 Å². The Morgan fingerprint density at radius 3 is 1.77 bits per heavy atom. The summed E-state index contributed by atoms with van der Waals surface area (Å²) in [6.07, 6.45) is 0.000814. The molecule has 6 bridgehead atoms. The molecular weight excluding hydrogens is 747 g/mol. The minimum absolute atomic E-state index is 0.0520. The number of piperazine rings is 1. The third-order valence-electron chi connectivity index (χ3n) is 9.76. The third-order valence-corrected chi connectivity index (χ3v) is 11.1. The Hall–Kier alpha value is -5.94. The van der Waals surface area contributed by atoms with Gasteiger partial charge in [-0.25, -0.2) is 13.1 Å². The van der Waals surface area contributed by atoms with Crippen molar-refractivity contribution in [2.75, 3.05) is 49.9 Å². The molecule has 16 heteroatoms. The van der Waals surface area contributed by atoms with Gasteiger partial charge in [0.15, 0.2) is 0 Å². The molecule has 6 heterocycles. The molecule has 1 fully saturated rings. The zero-order valence-electron chi connectivity index (χ0n) is 31.4. The summed E-state index contributed by atoms with van der Waals surface area (Å²) in [5.41, 5.74) is 9.79. The number of sulfonamides is 1. The molecule has 0 radical (unpaired) electrons. The zero-order valence-corrected chi connectivity index (χ0v) is 32.2. The molecule has 4 aromatic rings. The summed E-state index contributed by atoms with van der Waals surface area (Å²) in [4.78, 5) is 58.0. The number of amidine groups is 1. The lowest BCUT2D eigenvalue weighted by molar-refractivity contribution is -0.129. The maximum absolute atomic E-state index is 14.2. The average molecular weight is 794 g/mol. The van der Waals surface area contributed by atoms with Gasteiger partial charge >= 0.3 is 0 Å². The number of nitrogen functional groups attached to an aromatic ring is 1. The second-order valence-electron chi connectivity index (χ2n) is 14.3. The number of amides is 4. The highest BCUT2D eigenvalue weighted by atomic mass is 32.2. The van der Waals surface area contributed by atoms with Crippen molar-refractivity contribution in [3.8, 4) is 0 Å². The van der Waals surface area contributed by atoms with E-state index in [-0.39, 0.29) is 55.9 Å². The first-order chi connectivity index (χ1) is 27.4. The van der Waals surface area contributed by atoms with Gasteiger partial charge in [0.2, 0.25) is 33.7 Å². The largest absolute Gasteiger partial charge is 0.384 e. The van der Waals surface area contributed by atoms with Crippen molar-refractivity contribution in [2.45, 2.75) is 37.2 Å². The number of nitrogens with zero attached hydrogens (tertiary/aromatic N) is 2. The molecule has 15 nitrogen and oxygen atoms in total. The van der Waals surface area contributed by atoms with Gasteiger partial charge in [0.25, 0.3) is 0 Å². The summed E-state index contributed by atoms with van der Waals surface area (Å²) < 4.78 is 29.6. The normalized spacial score (nSPS) is 20.8. The average Bonchev–Trinajstić information content (AvgIpc) is 3.18. The number of hydrogen-bond donors (Lipinski definition) is 7. The Balaban J connectivity index is 1.28. The topological polar surface area (TPSA) is 219 Å². The van der Waals surface area contributed by atoms with Crippen LogP contribution in [0, 0.1) is 5.41 Å². The molecule has 0 saturated carbocycles. The van der Waals surface area contributed by atoms with Crippen LogP contribution in [0.4, 0.5) is 11.4 Å². The maximum atomic E-state index is 14.2. The predicted molar refractivity (Wildman–Crippen MR) is 218 cm³/mol. The molecule has 0 aromatic heterocycles. The van der Waals surface area contributed by atoms with Crippen molar-refractivity contribution in [1.29, 1.82) is 5.41 Å². The molecule has 1 unspecified atom stereocenters. The first-order valence-electron chi connectivity index (χ1n) is 18.6. The van der Waals surface area contributed by atoms with Crippen LogP contribution in [0.25, 0.3) is 0 Å². The molecule has 4 aromatic carbocycles. The molecule has 4 amide bonds. The smallest absolute Gasteiger partial charge is 0.243 e. The second-order valence-corrected chi connectivity index (χ2v) is 16.0. The van der Waals surface area contributed by atoms with Crippen molar-refractivity contribution in [3.05, 3.63) is 131 Å². The van der Waals surface area contributed by atoms with Gasteiger partial charge in [-0.05, 0) is 52.9 Å². The van der Waals surface area contributed by atoms with Crippen LogP contribution in [0.3, 0.4) is 0 Å². The summed E-state index contributed by atoms with van der Waals surface area (Å²) in [5.74, 6) is -2.06. The van der Waals surface area contributed by atoms with Gasteiger partial charge in [-0.2, -0.15) is 0 Å². The Morgan fingerprint density at radius 1 is 0.719 bits per heavy atom. The van der Waals surface area contributed by atoms with E-state index in [4.69, 9.17) is 11.1 Å². The summed E-state index contributed by atoms with van der Waals surface area (Å²) >= 11 is 0. The number of fused-ring (bicyclic) bond motifs is 1. The van der Waals surface area contributed by atoms with E-state index in [1.165, 1.54) is 0 Å². The molecule has 6 aliphatic rings. The summed E-state index contributed by atoms with van der Waals surface area (Å²) in [6.45, 7) is 2.99. The van der Waals surface area contributed by atoms with Crippen molar-refractivity contribution in [2.24, 2.45) is 5.73 Å². The van der Waals surface area contributed by atoms with Crippen LogP contribution >= 0.6 is 0 Å². The Morgan fingerprint density at radius 2 is 1.25 bits per heavy atom. The van der Waals surface area contributed by atoms with E-state index < -0.39 is 33.9 Å². The van der Waals surface area contributed by atoms with Crippen LogP contribution < -0.4 is 31.7 Å². The van der Waals surface area contributed by atoms with Gasteiger partial charge in [0.05, 0.1) is 18.8 Å². The number of benzene rings is 4. The first-order valence-corrected chi connectivity index (χ1v) is 20.3. The van der Waals surface area contributed by atoms with Crippen LogP contribution in [0.1, 0.15) is 27.8 Å². The number of rotatable bonds is 8. The number of carbonyl (C=O) groups excluding carboxylic acids is 4. The third kappa shape index (κ3) is 12.3. The second kappa shape index (κ2) is 18.8. The number of nitrogens with two attached hydrogens (primary N) is 1. The van der Waals surface area contributed by atoms with Crippen molar-refractivity contribution >= 4 is 50.9 Å².